The van der Waals surface area contributed by atoms with E-state index in [9.17, 15) is 14.7 Å². The minimum Gasteiger partial charge on any atom is -0.506 e. The molecule has 7 heteroatoms. The number of carbonyl (C=O) groups is 2. The molecule has 4 rings (SSSR count). The van der Waals surface area contributed by atoms with Gasteiger partial charge in [-0.2, -0.15) is 0 Å². The molecule has 2 aliphatic rings. The minimum absolute atomic E-state index is 0.0157. The number of nitrogens with zero attached hydrogens (tertiary/aromatic N) is 3. The number of anilines is 2. The Labute approximate surface area is 172 Å². The first-order chi connectivity index (χ1) is 13.5. The molecule has 6 nitrogen and oxygen atoms in total. The van der Waals surface area contributed by atoms with E-state index < -0.39 is 0 Å². The molecule has 0 aromatic heterocycles. The first-order valence-corrected chi connectivity index (χ1v) is 10.2. The van der Waals surface area contributed by atoms with Gasteiger partial charge in [-0.1, -0.05) is 24.3 Å². The van der Waals surface area contributed by atoms with Crippen molar-refractivity contribution >= 4 is 39.1 Å². The molecular formula is C21H22BrN3O3. The Hall–Kier alpha value is -2.54. The van der Waals surface area contributed by atoms with Crippen molar-refractivity contribution in [1.82, 2.24) is 4.90 Å². The van der Waals surface area contributed by atoms with E-state index in [-0.39, 0.29) is 29.9 Å². The van der Waals surface area contributed by atoms with E-state index in [4.69, 9.17) is 0 Å². The summed E-state index contributed by atoms with van der Waals surface area (Å²) >= 11 is 3.49. The van der Waals surface area contributed by atoms with Crippen molar-refractivity contribution in [3.63, 3.8) is 0 Å². The molecule has 2 aromatic carbocycles. The number of benzene rings is 2. The maximum atomic E-state index is 13.0. The average Bonchev–Trinajstić information content (AvgIpc) is 3.10. The fraction of sp³-hybridized carbons (Fsp3) is 0.333. The number of hydrogen-bond acceptors (Lipinski definition) is 4. The first kappa shape index (κ1) is 18.8. The van der Waals surface area contributed by atoms with Gasteiger partial charge in [0.25, 0.3) is 0 Å². The van der Waals surface area contributed by atoms with Gasteiger partial charge in [-0.05, 0) is 40.2 Å². The molecule has 2 aromatic rings. The number of halogens is 1. The van der Waals surface area contributed by atoms with E-state index in [0.29, 0.717) is 32.7 Å². The average molecular weight is 444 g/mol. The maximum Gasteiger partial charge on any atom is 0.228 e. The second-order valence-corrected chi connectivity index (χ2v) is 8.01. The number of piperazine rings is 1. The molecule has 0 unspecified atom stereocenters. The largest absolute Gasteiger partial charge is 0.506 e. The van der Waals surface area contributed by atoms with Gasteiger partial charge in [-0.3, -0.25) is 9.59 Å². The summed E-state index contributed by atoms with van der Waals surface area (Å²) in [4.78, 5) is 31.1. The van der Waals surface area contributed by atoms with Gasteiger partial charge in [-0.15, -0.1) is 0 Å². The summed E-state index contributed by atoms with van der Waals surface area (Å²) in [6, 6.07) is 14.8. The van der Waals surface area contributed by atoms with Gasteiger partial charge in [-0.25, -0.2) is 0 Å². The summed E-state index contributed by atoms with van der Waals surface area (Å²) in [5, 5.41) is 10.0. The summed E-state index contributed by atoms with van der Waals surface area (Å²) in [6.45, 7) is 2.93. The molecule has 0 spiro atoms. The molecule has 0 radical (unpaired) electrons. The van der Waals surface area contributed by atoms with Crippen LogP contribution in [0.15, 0.2) is 53.0 Å². The van der Waals surface area contributed by atoms with Crippen molar-refractivity contribution < 1.29 is 14.7 Å². The maximum absolute atomic E-state index is 13.0. The summed E-state index contributed by atoms with van der Waals surface area (Å²) in [5.41, 5.74) is 1.61. The Morgan fingerprint density at radius 1 is 0.964 bits per heavy atom. The lowest BCUT2D eigenvalue weighted by Crippen LogP contribution is -2.50. The molecule has 0 bridgehead atoms. The van der Waals surface area contributed by atoms with Crippen molar-refractivity contribution in [1.29, 1.82) is 0 Å². The van der Waals surface area contributed by atoms with Crippen LogP contribution in [0.3, 0.4) is 0 Å². The van der Waals surface area contributed by atoms with Crippen LogP contribution in [0.4, 0.5) is 11.4 Å². The number of hydrogen-bond donors (Lipinski definition) is 1. The van der Waals surface area contributed by atoms with Crippen molar-refractivity contribution in [3.8, 4) is 5.75 Å². The third kappa shape index (κ3) is 3.58. The van der Waals surface area contributed by atoms with Crippen LogP contribution in [0.5, 0.6) is 5.75 Å². The van der Waals surface area contributed by atoms with Crippen molar-refractivity contribution in [2.45, 2.75) is 6.42 Å². The van der Waals surface area contributed by atoms with Gasteiger partial charge < -0.3 is 19.8 Å². The predicted octanol–water partition coefficient (Wildman–Crippen LogP) is 2.86. The Balaban J connectivity index is 1.39. The number of para-hydroxylation sites is 3. The normalized spacial score (nSPS) is 20.0. The number of phenolic OH excluding ortho intramolecular Hbond substituents is 1. The van der Waals surface area contributed by atoms with Gasteiger partial charge in [0.15, 0.2) is 0 Å². The third-order valence-electron chi connectivity index (χ3n) is 5.43. The second kappa shape index (κ2) is 7.83. The molecule has 2 amide bonds. The van der Waals surface area contributed by atoms with Crippen molar-refractivity contribution in [3.05, 3.63) is 53.0 Å². The number of amides is 2. The van der Waals surface area contributed by atoms with Crippen LogP contribution in [0.1, 0.15) is 6.42 Å². The van der Waals surface area contributed by atoms with Crippen LogP contribution in [-0.4, -0.2) is 54.5 Å². The predicted molar refractivity (Wildman–Crippen MR) is 112 cm³/mol. The van der Waals surface area contributed by atoms with E-state index in [0.717, 1.165) is 15.8 Å². The van der Waals surface area contributed by atoms with Crippen LogP contribution in [0.2, 0.25) is 0 Å². The highest BCUT2D eigenvalue weighted by atomic mass is 79.9. The van der Waals surface area contributed by atoms with Crippen LogP contribution in [0.25, 0.3) is 0 Å². The fourth-order valence-corrected chi connectivity index (χ4v) is 4.43. The Bertz CT molecular complexity index is 896. The van der Waals surface area contributed by atoms with Crippen LogP contribution >= 0.6 is 15.9 Å². The van der Waals surface area contributed by atoms with Gasteiger partial charge in [0.05, 0.1) is 17.3 Å². The summed E-state index contributed by atoms with van der Waals surface area (Å²) in [7, 11) is 0. The molecule has 2 heterocycles. The molecule has 28 heavy (non-hydrogen) atoms. The smallest absolute Gasteiger partial charge is 0.228 e. The molecule has 2 aliphatic heterocycles. The Morgan fingerprint density at radius 2 is 1.61 bits per heavy atom. The molecule has 0 saturated carbocycles. The molecule has 0 aliphatic carbocycles. The molecule has 2 saturated heterocycles. The second-order valence-electron chi connectivity index (χ2n) is 7.16. The lowest BCUT2D eigenvalue weighted by molar-refractivity contribution is -0.136. The van der Waals surface area contributed by atoms with Crippen molar-refractivity contribution in [2.24, 2.45) is 5.92 Å². The van der Waals surface area contributed by atoms with E-state index in [1.165, 1.54) is 0 Å². The molecular weight excluding hydrogens is 422 g/mol. The van der Waals surface area contributed by atoms with E-state index >= 15 is 0 Å². The lowest BCUT2D eigenvalue weighted by Gasteiger charge is -2.37. The van der Waals surface area contributed by atoms with Gasteiger partial charge in [0.2, 0.25) is 11.8 Å². The van der Waals surface area contributed by atoms with E-state index in [2.05, 4.69) is 20.8 Å². The van der Waals surface area contributed by atoms with Crippen LogP contribution < -0.4 is 9.80 Å². The van der Waals surface area contributed by atoms with Gasteiger partial charge in [0, 0.05) is 43.6 Å². The zero-order chi connectivity index (χ0) is 19.7. The summed E-state index contributed by atoms with van der Waals surface area (Å²) in [5.74, 6) is -0.0260. The third-order valence-corrected chi connectivity index (χ3v) is 6.10. The number of phenols is 1. The summed E-state index contributed by atoms with van der Waals surface area (Å²) < 4.78 is 0.854. The van der Waals surface area contributed by atoms with E-state index in [1.54, 1.807) is 17.0 Å². The molecule has 146 valence electrons. The number of aromatic hydroxyl groups is 1. The standard InChI is InChI=1S/C21H22BrN3O3/c22-16-5-1-2-6-17(16)25-14-15(13-20(25)27)21(28)24-11-9-23(10-12-24)18-7-3-4-8-19(18)26/h1-8,15,26H,9-14H2/t15-/m1/s1. The molecule has 1 atom stereocenters. The first-order valence-electron chi connectivity index (χ1n) is 9.41. The van der Waals surface area contributed by atoms with Crippen LogP contribution in [-0.2, 0) is 9.59 Å². The Kier molecular flexibility index (Phi) is 5.26. The summed E-state index contributed by atoms with van der Waals surface area (Å²) in [6.07, 6.45) is 0.250. The van der Waals surface area contributed by atoms with Crippen LogP contribution in [0, 0.1) is 5.92 Å². The zero-order valence-corrected chi connectivity index (χ0v) is 17.0. The quantitative estimate of drug-likeness (QED) is 0.791. The topological polar surface area (TPSA) is 64.1 Å². The van der Waals surface area contributed by atoms with Gasteiger partial charge in [0.1, 0.15) is 5.75 Å². The minimum atomic E-state index is -0.309. The highest BCUT2D eigenvalue weighted by molar-refractivity contribution is 9.10. The highest BCUT2D eigenvalue weighted by Gasteiger charge is 2.38. The number of carbonyl (C=O) groups excluding carboxylic acids is 2. The van der Waals surface area contributed by atoms with E-state index in [1.807, 2.05) is 41.3 Å². The fourth-order valence-electron chi connectivity index (χ4n) is 3.93. The zero-order valence-electron chi connectivity index (χ0n) is 15.4. The monoisotopic (exact) mass is 443 g/mol. The SMILES string of the molecule is O=C([C@@H]1CC(=O)N(c2ccccc2Br)C1)N1CCN(c2ccccc2O)CC1. The lowest BCUT2D eigenvalue weighted by atomic mass is 10.1. The Morgan fingerprint density at radius 3 is 2.29 bits per heavy atom. The molecule has 2 fully saturated rings. The highest BCUT2D eigenvalue weighted by Crippen LogP contribution is 2.32. The molecule has 1 N–H and O–H groups in total. The number of rotatable bonds is 3. The van der Waals surface area contributed by atoms with Gasteiger partial charge >= 0.3 is 0 Å². The van der Waals surface area contributed by atoms with Crippen molar-refractivity contribution in [2.75, 3.05) is 42.5 Å².